The van der Waals surface area contributed by atoms with E-state index in [-0.39, 0.29) is 5.88 Å². The third-order valence-corrected chi connectivity index (χ3v) is 4.35. The minimum Gasteiger partial charge on any atom is -0.493 e. The number of nitrogens with zero attached hydrogens (tertiary/aromatic N) is 4. The monoisotopic (exact) mass is 339 g/mol. The van der Waals surface area contributed by atoms with Crippen LogP contribution in [0.5, 0.6) is 5.88 Å². The molecular weight excluding hydrogens is 326 g/mol. The van der Waals surface area contributed by atoms with Gasteiger partial charge in [-0.3, -0.25) is 4.98 Å². The number of aromatic amines is 1. The molecule has 3 heterocycles. The average Bonchev–Trinajstić information content (AvgIpc) is 3.19. The van der Waals surface area contributed by atoms with Gasteiger partial charge in [-0.05, 0) is 18.2 Å². The van der Waals surface area contributed by atoms with Crippen molar-refractivity contribution < 1.29 is 5.11 Å². The minimum absolute atomic E-state index is 0.00186. The normalized spacial score (nSPS) is 13.2. The van der Waals surface area contributed by atoms with Crippen molar-refractivity contribution in [3.63, 3.8) is 0 Å². The lowest BCUT2D eigenvalue weighted by Crippen LogP contribution is -2.13. The fourth-order valence-corrected chi connectivity index (χ4v) is 3.13. The molecule has 6 heteroatoms. The first kappa shape index (κ1) is 14.5. The Morgan fingerprint density at radius 2 is 1.85 bits per heavy atom. The second kappa shape index (κ2) is 5.63. The number of pyridine rings is 1. The Hall–Kier alpha value is -3.80. The van der Waals surface area contributed by atoms with E-state index in [1.807, 2.05) is 54.6 Å². The number of nitrogens with one attached hydrogen (secondary N) is 1. The second-order valence-electron chi connectivity index (χ2n) is 5.97. The average molecular weight is 339 g/mol. The van der Waals surface area contributed by atoms with Crippen LogP contribution in [-0.2, 0) is 0 Å². The Bertz CT molecular complexity index is 1300. The maximum absolute atomic E-state index is 10.0. The SMILES string of the molecule is Oc1[nH]c2ccccc2c1N=N/C=c1/cc2c(cn1)=Nc1ccccc1-2. The van der Waals surface area contributed by atoms with Crippen molar-refractivity contribution in [2.24, 2.45) is 15.2 Å². The van der Waals surface area contributed by atoms with Crippen LogP contribution in [0.2, 0.25) is 0 Å². The summed E-state index contributed by atoms with van der Waals surface area (Å²) in [6.45, 7) is 0. The summed E-state index contributed by atoms with van der Waals surface area (Å²) in [6.07, 6.45) is 3.31. The van der Waals surface area contributed by atoms with E-state index in [4.69, 9.17) is 0 Å². The Morgan fingerprint density at radius 1 is 1.00 bits per heavy atom. The highest BCUT2D eigenvalue weighted by Crippen LogP contribution is 2.35. The molecule has 0 fully saturated rings. The number of hydrogen-bond donors (Lipinski definition) is 2. The van der Waals surface area contributed by atoms with Crippen LogP contribution in [0, 0.1) is 0 Å². The topological polar surface area (TPSA) is 86.0 Å². The largest absolute Gasteiger partial charge is 0.493 e. The lowest BCUT2D eigenvalue weighted by Gasteiger charge is -1.97. The number of aromatic nitrogens is 2. The summed E-state index contributed by atoms with van der Waals surface area (Å²) in [7, 11) is 0. The van der Waals surface area contributed by atoms with Gasteiger partial charge in [0.05, 0.1) is 34.3 Å². The van der Waals surface area contributed by atoms with Crippen LogP contribution in [-0.4, -0.2) is 15.1 Å². The lowest BCUT2D eigenvalue weighted by atomic mass is 10.1. The maximum atomic E-state index is 10.0. The zero-order valence-electron chi connectivity index (χ0n) is 13.6. The molecule has 2 aromatic heterocycles. The van der Waals surface area contributed by atoms with Gasteiger partial charge in [0.15, 0.2) is 5.69 Å². The highest BCUT2D eigenvalue weighted by Gasteiger charge is 2.12. The van der Waals surface area contributed by atoms with Crippen molar-refractivity contribution in [2.75, 3.05) is 0 Å². The van der Waals surface area contributed by atoms with E-state index in [1.165, 1.54) is 0 Å². The zero-order chi connectivity index (χ0) is 17.5. The molecule has 0 amide bonds. The number of rotatable bonds is 2. The van der Waals surface area contributed by atoms with Crippen LogP contribution in [0.25, 0.3) is 28.2 Å². The predicted molar refractivity (Wildman–Crippen MR) is 99.1 cm³/mol. The summed E-state index contributed by atoms with van der Waals surface area (Å²) in [5.41, 5.74) is 4.30. The van der Waals surface area contributed by atoms with Gasteiger partial charge in [0, 0.05) is 16.5 Å². The number of fused-ring (bicyclic) bond motifs is 4. The predicted octanol–water partition coefficient (Wildman–Crippen LogP) is 3.72. The number of benzene rings is 2. The van der Waals surface area contributed by atoms with E-state index in [1.54, 1.807) is 12.4 Å². The van der Waals surface area contributed by atoms with Gasteiger partial charge in [-0.1, -0.05) is 36.4 Å². The molecule has 6 nitrogen and oxygen atoms in total. The van der Waals surface area contributed by atoms with Gasteiger partial charge < -0.3 is 10.1 Å². The first-order valence-electron chi connectivity index (χ1n) is 8.14. The van der Waals surface area contributed by atoms with E-state index in [0.29, 0.717) is 11.0 Å². The van der Waals surface area contributed by atoms with Crippen molar-refractivity contribution in [2.45, 2.75) is 0 Å². The quantitative estimate of drug-likeness (QED) is 0.480. The van der Waals surface area contributed by atoms with E-state index >= 15 is 0 Å². The molecule has 124 valence electrons. The molecule has 2 N–H and O–H groups in total. The molecule has 0 unspecified atom stereocenters. The number of para-hydroxylation sites is 2. The highest BCUT2D eigenvalue weighted by atomic mass is 16.3. The number of aromatic hydroxyl groups is 1. The van der Waals surface area contributed by atoms with E-state index in [0.717, 1.165) is 33.1 Å². The zero-order valence-corrected chi connectivity index (χ0v) is 13.6. The van der Waals surface area contributed by atoms with E-state index in [2.05, 4.69) is 25.2 Å². The molecule has 1 aliphatic rings. The molecular formula is C20H13N5O. The minimum atomic E-state index is -0.00186. The first-order chi connectivity index (χ1) is 12.8. The van der Waals surface area contributed by atoms with Gasteiger partial charge in [-0.15, -0.1) is 5.11 Å². The first-order valence-corrected chi connectivity index (χ1v) is 8.14. The molecule has 0 saturated carbocycles. The van der Waals surface area contributed by atoms with Gasteiger partial charge in [-0.2, -0.15) is 5.11 Å². The standard InChI is InChI=1S/C20H13N5O/c26-20-19(14-6-2-4-8-17(14)24-20)25-22-10-12-9-15-13-5-1-3-7-16(13)23-18(15)11-21-12/h1-11,24,26H/b12-10-,25-22?. The summed E-state index contributed by atoms with van der Waals surface area (Å²) in [4.78, 5) is 11.8. The van der Waals surface area contributed by atoms with Gasteiger partial charge in [0.25, 0.3) is 0 Å². The van der Waals surface area contributed by atoms with Crippen LogP contribution in [0.4, 0.5) is 11.4 Å². The van der Waals surface area contributed by atoms with E-state index < -0.39 is 0 Å². The van der Waals surface area contributed by atoms with Gasteiger partial charge in [-0.25, -0.2) is 4.99 Å². The molecule has 5 rings (SSSR count). The summed E-state index contributed by atoms with van der Waals surface area (Å²) in [5.74, 6) is -0.00186. The van der Waals surface area contributed by atoms with Gasteiger partial charge in [0.2, 0.25) is 5.88 Å². The fraction of sp³-hybridized carbons (Fsp3) is 0. The summed E-state index contributed by atoms with van der Waals surface area (Å²) in [6, 6.07) is 17.5. The molecule has 2 aromatic carbocycles. The van der Waals surface area contributed by atoms with Crippen LogP contribution in [0.1, 0.15) is 0 Å². The van der Waals surface area contributed by atoms with Gasteiger partial charge in [0.1, 0.15) is 0 Å². The highest BCUT2D eigenvalue weighted by molar-refractivity contribution is 5.94. The van der Waals surface area contributed by atoms with Crippen molar-refractivity contribution >= 4 is 28.5 Å². The van der Waals surface area contributed by atoms with Crippen molar-refractivity contribution in [1.29, 1.82) is 0 Å². The molecule has 0 radical (unpaired) electrons. The molecule has 0 spiro atoms. The molecule has 4 aromatic rings. The summed E-state index contributed by atoms with van der Waals surface area (Å²) >= 11 is 0. The molecule has 0 aliphatic carbocycles. The molecule has 0 saturated heterocycles. The van der Waals surface area contributed by atoms with Crippen LogP contribution in [0.3, 0.4) is 0 Å². The van der Waals surface area contributed by atoms with Crippen molar-refractivity contribution in [3.8, 4) is 17.0 Å². The number of azo groups is 1. The van der Waals surface area contributed by atoms with Crippen molar-refractivity contribution in [1.82, 2.24) is 9.97 Å². The Kier molecular flexibility index (Phi) is 3.15. The lowest BCUT2D eigenvalue weighted by molar-refractivity contribution is 0.459. The van der Waals surface area contributed by atoms with Crippen LogP contribution < -0.4 is 10.7 Å². The van der Waals surface area contributed by atoms with E-state index in [9.17, 15) is 5.11 Å². The molecule has 26 heavy (non-hydrogen) atoms. The fourth-order valence-electron chi connectivity index (χ4n) is 3.13. The smallest absolute Gasteiger partial charge is 0.218 e. The number of H-pyrrole nitrogens is 1. The number of hydrogen-bond acceptors (Lipinski definition) is 5. The third kappa shape index (κ3) is 2.28. The third-order valence-electron chi connectivity index (χ3n) is 4.35. The van der Waals surface area contributed by atoms with Gasteiger partial charge >= 0.3 is 0 Å². The second-order valence-corrected chi connectivity index (χ2v) is 5.97. The summed E-state index contributed by atoms with van der Waals surface area (Å²) < 4.78 is 0. The van der Waals surface area contributed by atoms with Crippen LogP contribution in [0.15, 0.2) is 76.0 Å². The van der Waals surface area contributed by atoms with Crippen LogP contribution >= 0.6 is 0 Å². The molecule has 1 aliphatic heterocycles. The summed E-state index contributed by atoms with van der Waals surface area (Å²) in [5, 5.41) is 20.6. The molecule has 0 bridgehead atoms. The molecule has 0 atom stereocenters. The Balaban J connectivity index is 1.54. The maximum Gasteiger partial charge on any atom is 0.218 e. The van der Waals surface area contributed by atoms with Crippen molar-refractivity contribution in [3.05, 3.63) is 71.5 Å². The Morgan fingerprint density at radius 3 is 2.81 bits per heavy atom. The Labute approximate surface area is 147 Å².